The van der Waals surface area contributed by atoms with Crippen molar-refractivity contribution in [1.82, 2.24) is 0 Å². The zero-order valence-electron chi connectivity index (χ0n) is 10.3. The van der Waals surface area contributed by atoms with Crippen LogP contribution in [-0.4, -0.2) is 13.7 Å². The molecule has 0 unspecified atom stereocenters. The van der Waals surface area contributed by atoms with Gasteiger partial charge in [-0.3, -0.25) is 0 Å². The average molecular weight is 237 g/mol. The largest absolute Gasteiger partial charge is 0.494 e. The Morgan fingerprint density at radius 3 is 2.53 bits per heavy atom. The molecule has 94 valence electrons. The van der Waals surface area contributed by atoms with Crippen molar-refractivity contribution in [3.05, 3.63) is 29.6 Å². The van der Waals surface area contributed by atoms with Gasteiger partial charge in [-0.2, -0.15) is 0 Å². The quantitative estimate of drug-likeness (QED) is 0.877. The molecule has 1 aromatic rings. The van der Waals surface area contributed by atoms with Crippen LogP contribution in [0, 0.1) is 5.82 Å². The lowest BCUT2D eigenvalue weighted by Crippen LogP contribution is -2.37. The van der Waals surface area contributed by atoms with E-state index in [1.165, 1.54) is 26.4 Å². The summed E-state index contributed by atoms with van der Waals surface area (Å²) in [6.45, 7) is 0.596. The lowest BCUT2D eigenvalue weighted by molar-refractivity contribution is 0.298. The summed E-state index contributed by atoms with van der Waals surface area (Å²) in [5, 5.41) is 0. The maximum atomic E-state index is 13.7. The minimum absolute atomic E-state index is 0.0225. The maximum Gasteiger partial charge on any atom is 0.165 e. The Balaban J connectivity index is 2.33. The molecule has 17 heavy (non-hydrogen) atoms. The van der Waals surface area contributed by atoms with E-state index in [2.05, 4.69) is 0 Å². The normalized spacial score (nSPS) is 19.0. The molecule has 0 bridgehead atoms. The van der Waals surface area contributed by atoms with Crippen LogP contribution in [-0.2, 0) is 5.41 Å². The number of nitrogens with two attached hydrogens (primary N) is 1. The number of benzene rings is 1. The maximum absolute atomic E-state index is 13.7. The van der Waals surface area contributed by atoms with Crippen molar-refractivity contribution in [3.8, 4) is 5.75 Å². The summed E-state index contributed by atoms with van der Waals surface area (Å²) in [5.41, 5.74) is 6.94. The van der Waals surface area contributed by atoms with E-state index in [1.807, 2.05) is 6.07 Å². The van der Waals surface area contributed by atoms with Gasteiger partial charge in [-0.1, -0.05) is 25.3 Å². The number of hydrogen-bond acceptors (Lipinski definition) is 2. The Labute approximate surface area is 102 Å². The van der Waals surface area contributed by atoms with Crippen molar-refractivity contribution in [2.75, 3.05) is 13.7 Å². The van der Waals surface area contributed by atoms with Crippen LogP contribution in [0.2, 0.25) is 0 Å². The summed E-state index contributed by atoms with van der Waals surface area (Å²) >= 11 is 0. The predicted molar refractivity (Wildman–Crippen MR) is 66.8 cm³/mol. The van der Waals surface area contributed by atoms with Crippen LogP contribution in [0.3, 0.4) is 0 Å². The van der Waals surface area contributed by atoms with Crippen LogP contribution < -0.4 is 10.5 Å². The van der Waals surface area contributed by atoms with E-state index in [4.69, 9.17) is 10.5 Å². The lowest BCUT2D eigenvalue weighted by atomic mass is 9.69. The van der Waals surface area contributed by atoms with Crippen molar-refractivity contribution in [1.29, 1.82) is 0 Å². The molecule has 0 saturated heterocycles. The fraction of sp³-hybridized carbons (Fsp3) is 0.571. The zero-order chi connectivity index (χ0) is 12.3. The average Bonchev–Trinajstić information content (AvgIpc) is 2.39. The zero-order valence-corrected chi connectivity index (χ0v) is 10.3. The van der Waals surface area contributed by atoms with Gasteiger partial charge in [0.2, 0.25) is 0 Å². The Morgan fingerprint density at radius 1 is 1.29 bits per heavy atom. The second kappa shape index (κ2) is 5.05. The molecular formula is C14H20FNO. The fourth-order valence-corrected chi connectivity index (χ4v) is 2.84. The molecule has 0 aromatic heterocycles. The SMILES string of the molecule is COc1ccc(C2(CN)CCCCC2)cc1F. The summed E-state index contributed by atoms with van der Waals surface area (Å²) in [6, 6.07) is 5.26. The van der Waals surface area contributed by atoms with Gasteiger partial charge in [0.05, 0.1) is 7.11 Å². The van der Waals surface area contributed by atoms with Gasteiger partial charge in [-0.05, 0) is 30.5 Å². The molecule has 0 radical (unpaired) electrons. The van der Waals surface area contributed by atoms with E-state index < -0.39 is 0 Å². The molecule has 1 aliphatic carbocycles. The van der Waals surface area contributed by atoms with Gasteiger partial charge < -0.3 is 10.5 Å². The monoisotopic (exact) mass is 237 g/mol. The molecule has 1 saturated carbocycles. The first-order chi connectivity index (χ1) is 8.22. The van der Waals surface area contributed by atoms with E-state index in [0.29, 0.717) is 12.3 Å². The molecule has 2 rings (SSSR count). The van der Waals surface area contributed by atoms with E-state index in [9.17, 15) is 4.39 Å². The lowest BCUT2D eigenvalue weighted by Gasteiger charge is -2.37. The molecule has 1 fully saturated rings. The second-order valence-electron chi connectivity index (χ2n) is 4.89. The minimum atomic E-state index is -0.289. The van der Waals surface area contributed by atoms with Gasteiger partial charge in [-0.15, -0.1) is 0 Å². The molecule has 0 aliphatic heterocycles. The van der Waals surface area contributed by atoms with Crippen molar-refractivity contribution in [3.63, 3.8) is 0 Å². The Kier molecular flexibility index (Phi) is 3.67. The third kappa shape index (κ3) is 2.29. The van der Waals surface area contributed by atoms with Crippen molar-refractivity contribution in [2.24, 2.45) is 5.73 Å². The molecule has 1 aliphatic rings. The number of hydrogen-bond donors (Lipinski definition) is 1. The van der Waals surface area contributed by atoms with Crippen molar-refractivity contribution in [2.45, 2.75) is 37.5 Å². The first-order valence-corrected chi connectivity index (χ1v) is 6.26. The third-order valence-electron chi connectivity index (χ3n) is 3.97. The second-order valence-corrected chi connectivity index (χ2v) is 4.89. The van der Waals surface area contributed by atoms with Crippen molar-refractivity contribution >= 4 is 0 Å². The Bertz CT molecular complexity index is 386. The van der Waals surface area contributed by atoms with Gasteiger partial charge in [0.1, 0.15) is 0 Å². The highest BCUT2D eigenvalue weighted by molar-refractivity contribution is 5.34. The van der Waals surface area contributed by atoms with E-state index >= 15 is 0 Å². The summed E-state index contributed by atoms with van der Waals surface area (Å²) in [4.78, 5) is 0. The molecule has 2 N–H and O–H groups in total. The molecular weight excluding hydrogens is 217 g/mol. The Morgan fingerprint density at radius 2 is 2.00 bits per heavy atom. The molecule has 0 amide bonds. The Hall–Kier alpha value is -1.09. The molecule has 0 heterocycles. The molecule has 2 nitrogen and oxygen atoms in total. The van der Waals surface area contributed by atoms with Crippen molar-refractivity contribution < 1.29 is 9.13 Å². The number of rotatable bonds is 3. The van der Waals surface area contributed by atoms with Gasteiger partial charge >= 0.3 is 0 Å². The summed E-state index contributed by atoms with van der Waals surface area (Å²) in [7, 11) is 1.48. The van der Waals surface area contributed by atoms with Crippen LogP contribution >= 0.6 is 0 Å². The molecule has 0 atom stereocenters. The third-order valence-corrected chi connectivity index (χ3v) is 3.97. The number of halogens is 1. The standard InChI is InChI=1S/C14H20FNO/c1-17-13-6-5-11(9-12(13)15)14(10-16)7-3-2-4-8-14/h5-6,9H,2-4,7-8,10,16H2,1H3. The van der Waals surface area contributed by atoms with Crippen LogP contribution in [0.4, 0.5) is 4.39 Å². The molecule has 3 heteroatoms. The van der Waals surface area contributed by atoms with Gasteiger partial charge in [0.25, 0.3) is 0 Å². The van der Waals surface area contributed by atoms with Gasteiger partial charge in [0.15, 0.2) is 11.6 Å². The highest BCUT2D eigenvalue weighted by atomic mass is 19.1. The van der Waals surface area contributed by atoms with Crippen LogP contribution in [0.1, 0.15) is 37.7 Å². The number of ether oxygens (including phenoxy) is 1. The van der Waals surface area contributed by atoms with Crippen LogP contribution in [0.5, 0.6) is 5.75 Å². The highest BCUT2D eigenvalue weighted by Gasteiger charge is 2.32. The first kappa shape index (κ1) is 12.4. The predicted octanol–water partition coefficient (Wildman–Crippen LogP) is 2.99. The smallest absolute Gasteiger partial charge is 0.165 e. The molecule has 1 aromatic carbocycles. The molecule has 0 spiro atoms. The summed E-state index contributed by atoms with van der Waals surface area (Å²) < 4.78 is 18.7. The van der Waals surface area contributed by atoms with Crippen LogP contribution in [0.15, 0.2) is 18.2 Å². The van der Waals surface area contributed by atoms with Crippen LogP contribution in [0.25, 0.3) is 0 Å². The first-order valence-electron chi connectivity index (χ1n) is 6.26. The summed E-state index contributed by atoms with van der Waals surface area (Å²) in [6.07, 6.45) is 5.76. The summed E-state index contributed by atoms with van der Waals surface area (Å²) in [5.74, 6) is 0.0140. The van der Waals surface area contributed by atoms with E-state index in [0.717, 1.165) is 18.4 Å². The van der Waals surface area contributed by atoms with E-state index in [-0.39, 0.29) is 11.2 Å². The topological polar surface area (TPSA) is 35.2 Å². The highest BCUT2D eigenvalue weighted by Crippen LogP contribution is 2.39. The van der Waals surface area contributed by atoms with Gasteiger partial charge in [0, 0.05) is 12.0 Å². The fourth-order valence-electron chi connectivity index (χ4n) is 2.84. The van der Waals surface area contributed by atoms with Gasteiger partial charge in [-0.25, -0.2) is 4.39 Å². The van der Waals surface area contributed by atoms with E-state index in [1.54, 1.807) is 12.1 Å². The minimum Gasteiger partial charge on any atom is -0.494 e. The number of methoxy groups -OCH3 is 1.